The highest BCUT2D eigenvalue weighted by Crippen LogP contribution is 2.34. The van der Waals surface area contributed by atoms with Gasteiger partial charge in [0, 0.05) is 17.6 Å². The molecule has 3 rings (SSSR count). The third-order valence-corrected chi connectivity index (χ3v) is 7.18. The molecule has 2 fully saturated rings. The summed E-state index contributed by atoms with van der Waals surface area (Å²) in [6, 6.07) is 6.53. The minimum absolute atomic E-state index is 0.190. The molecule has 2 N–H and O–H groups in total. The summed E-state index contributed by atoms with van der Waals surface area (Å²) < 4.78 is 25.2. The zero-order valence-electron chi connectivity index (χ0n) is 15.9. The number of imide groups is 1. The van der Waals surface area contributed by atoms with Gasteiger partial charge in [0.1, 0.15) is 11.3 Å². The van der Waals surface area contributed by atoms with Crippen LogP contribution in [-0.2, 0) is 25.2 Å². The van der Waals surface area contributed by atoms with E-state index in [1.807, 2.05) is 0 Å². The number of carbonyl (C=O) groups is 3. The molecule has 0 unspecified atom stereocenters. The normalized spacial score (nSPS) is 18.3. The second-order valence-electron chi connectivity index (χ2n) is 7.54. The zero-order chi connectivity index (χ0) is 21.1. The Morgan fingerprint density at radius 1 is 1.24 bits per heavy atom. The quantitative estimate of drug-likeness (QED) is 0.430. The van der Waals surface area contributed by atoms with Crippen LogP contribution in [0.5, 0.6) is 0 Å². The first-order chi connectivity index (χ1) is 13.7. The Kier molecular flexibility index (Phi) is 6.62. The molecule has 158 valence electrons. The molecular weight excluding hydrogens is 462 g/mol. The van der Waals surface area contributed by atoms with E-state index >= 15 is 0 Å². The van der Waals surface area contributed by atoms with Gasteiger partial charge >= 0.3 is 6.03 Å². The summed E-state index contributed by atoms with van der Waals surface area (Å²) in [5.74, 6) is -1.61. The van der Waals surface area contributed by atoms with Crippen molar-refractivity contribution in [3.63, 3.8) is 0 Å². The molecule has 2 aliphatic rings. The number of halogens is 1. The van der Waals surface area contributed by atoms with Gasteiger partial charge in [0.2, 0.25) is 5.91 Å². The monoisotopic (exact) mass is 485 g/mol. The minimum Gasteiger partial charge on any atom is -0.355 e. The molecule has 0 bridgehead atoms. The molecule has 0 radical (unpaired) electrons. The van der Waals surface area contributed by atoms with E-state index in [1.165, 1.54) is 4.90 Å². The fourth-order valence-electron chi connectivity index (χ4n) is 3.84. The summed E-state index contributed by atoms with van der Waals surface area (Å²) >= 11 is 3.29. The van der Waals surface area contributed by atoms with E-state index in [0.717, 1.165) is 17.3 Å². The average Bonchev–Trinajstić information content (AvgIpc) is 3.17. The molecule has 1 spiro atoms. The van der Waals surface area contributed by atoms with Crippen molar-refractivity contribution in [1.29, 1.82) is 0 Å². The first-order valence-electron chi connectivity index (χ1n) is 9.56. The van der Waals surface area contributed by atoms with Crippen LogP contribution in [0.3, 0.4) is 0 Å². The van der Waals surface area contributed by atoms with Crippen LogP contribution in [0.15, 0.2) is 28.7 Å². The van der Waals surface area contributed by atoms with Crippen LogP contribution < -0.4 is 10.6 Å². The molecule has 8 nitrogen and oxygen atoms in total. The summed E-state index contributed by atoms with van der Waals surface area (Å²) in [6.45, 7) is 0.382. The van der Waals surface area contributed by atoms with Crippen molar-refractivity contribution in [2.45, 2.75) is 43.4 Å². The van der Waals surface area contributed by atoms with Crippen molar-refractivity contribution in [2.75, 3.05) is 18.8 Å². The lowest BCUT2D eigenvalue weighted by Gasteiger charge is -2.20. The van der Waals surface area contributed by atoms with Crippen LogP contribution in [-0.4, -0.2) is 55.5 Å². The first-order valence-corrected chi connectivity index (χ1v) is 12.2. The Morgan fingerprint density at radius 2 is 1.97 bits per heavy atom. The molecule has 10 heteroatoms. The van der Waals surface area contributed by atoms with Gasteiger partial charge in [-0.2, -0.15) is 0 Å². The minimum atomic E-state index is -3.60. The molecule has 29 heavy (non-hydrogen) atoms. The Hall–Kier alpha value is -1.94. The number of rotatable bonds is 8. The summed E-state index contributed by atoms with van der Waals surface area (Å²) in [5.41, 5.74) is -0.132. The first kappa shape index (κ1) is 21.8. The molecule has 1 saturated heterocycles. The molecule has 1 aromatic carbocycles. The number of nitrogens with zero attached hydrogens (tertiary/aromatic N) is 1. The van der Waals surface area contributed by atoms with Crippen molar-refractivity contribution in [2.24, 2.45) is 0 Å². The summed E-state index contributed by atoms with van der Waals surface area (Å²) in [4.78, 5) is 37.8. The third kappa shape index (κ3) is 5.36. The zero-order valence-corrected chi connectivity index (χ0v) is 18.4. The van der Waals surface area contributed by atoms with E-state index in [9.17, 15) is 22.8 Å². The van der Waals surface area contributed by atoms with Crippen molar-refractivity contribution in [3.05, 3.63) is 34.3 Å². The molecular formula is C19H24BrN3O5S. The van der Waals surface area contributed by atoms with Gasteiger partial charge in [0.05, 0.1) is 5.75 Å². The number of hydrogen-bond acceptors (Lipinski definition) is 5. The second-order valence-corrected chi connectivity index (χ2v) is 10.5. The van der Waals surface area contributed by atoms with Crippen LogP contribution in [0, 0.1) is 0 Å². The largest absolute Gasteiger partial charge is 0.355 e. The van der Waals surface area contributed by atoms with E-state index in [-0.39, 0.29) is 30.8 Å². The van der Waals surface area contributed by atoms with Crippen molar-refractivity contribution < 1.29 is 22.8 Å². The lowest BCUT2D eigenvalue weighted by Crippen LogP contribution is -2.44. The third-order valence-electron chi connectivity index (χ3n) is 5.21. The molecule has 0 atom stereocenters. The maximum atomic E-state index is 12.5. The summed E-state index contributed by atoms with van der Waals surface area (Å²) in [6.07, 6.45) is 3.54. The predicted molar refractivity (Wildman–Crippen MR) is 111 cm³/mol. The van der Waals surface area contributed by atoms with Crippen LogP contribution in [0.4, 0.5) is 4.79 Å². The molecule has 0 aromatic heterocycles. The Balaban J connectivity index is 1.42. The number of hydrogen-bond donors (Lipinski definition) is 2. The standard InChI is InChI=1S/C19H24BrN3O5S/c20-15-6-3-5-14(11-15)12-29(27,28)13-16(24)21-9-4-10-23-17(25)19(22-18(23)26)7-1-2-8-19/h3,5-6,11H,1-2,4,7-10,12-13H2,(H,21,24)(H,22,26). The van der Waals surface area contributed by atoms with Crippen LogP contribution >= 0.6 is 15.9 Å². The van der Waals surface area contributed by atoms with Crippen LogP contribution in [0.25, 0.3) is 0 Å². The maximum absolute atomic E-state index is 12.5. The smallest absolute Gasteiger partial charge is 0.325 e. The van der Waals surface area contributed by atoms with Crippen molar-refractivity contribution >= 4 is 43.6 Å². The van der Waals surface area contributed by atoms with Crippen molar-refractivity contribution in [3.8, 4) is 0 Å². The predicted octanol–water partition coefficient (Wildman–Crippen LogP) is 1.73. The van der Waals surface area contributed by atoms with Gasteiger partial charge in [-0.1, -0.05) is 40.9 Å². The molecule has 1 saturated carbocycles. The van der Waals surface area contributed by atoms with E-state index < -0.39 is 27.0 Å². The fraction of sp³-hybridized carbons (Fsp3) is 0.526. The Bertz CT molecular complexity index is 912. The second kappa shape index (κ2) is 8.83. The van der Waals surface area contributed by atoms with Crippen molar-refractivity contribution in [1.82, 2.24) is 15.5 Å². The Morgan fingerprint density at radius 3 is 2.66 bits per heavy atom. The lowest BCUT2D eigenvalue weighted by atomic mass is 9.98. The van der Waals surface area contributed by atoms with Gasteiger partial charge in [-0.25, -0.2) is 13.2 Å². The summed E-state index contributed by atoms with van der Waals surface area (Å²) in [7, 11) is -3.60. The number of sulfone groups is 1. The highest BCUT2D eigenvalue weighted by molar-refractivity contribution is 9.10. The fourth-order valence-corrected chi connectivity index (χ4v) is 5.58. The Labute approximate surface area is 178 Å². The topological polar surface area (TPSA) is 113 Å². The number of urea groups is 1. The van der Waals surface area contributed by atoms with Gasteiger partial charge in [-0.15, -0.1) is 0 Å². The SMILES string of the molecule is O=C(CS(=O)(=O)Cc1cccc(Br)c1)NCCCN1C(=O)NC2(CCCC2)C1=O. The van der Waals surface area contributed by atoms with Gasteiger partial charge in [0.15, 0.2) is 9.84 Å². The number of benzene rings is 1. The number of nitrogens with one attached hydrogen (secondary N) is 2. The van der Waals surface area contributed by atoms with Gasteiger partial charge in [-0.05, 0) is 37.0 Å². The molecule has 1 aliphatic carbocycles. The molecule has 4 amide bonds. The van der Waals surface area contributed by atoms with Crippen LogP contribution in [0.2, 0.25) is 0 Å². The highest BCUT2D eigenvalue weighted by atomic mass is 79.9. The highest BCUT2D eigenvalue weighted by Gasteiger charge is 2.51. The van der Waals surface area contributed by atoms with E-state index in [0.29, 0.717) is 24.8 Å². The van der Waals surface area contributed by atoms with Gasteiger partial charge < -0.3 is 10.6 Å². The van der Waals surface area contributed by atoms with Gasteiger partial charge in [0.25, 0.3) is 5.91 Å². The molecule has 1 heterocycles. The number of amides is 4. The molecule has 1 aromatic rings. The molecule has 1 aliphatic heterocycles. The van der Waals surface area contributed by atoms with E-state index in [2.05, 4.69) is 26.6 Å². The average molecular weight is 486 g/mol. The lowest BCUT2D eigenvalue weighted by molar-refractivity contribution is -0.131. The van der Waals surface area contributed by atoms with E-state index in [1.54, 1.807) is 24.3 Å². The number of carbonyl (C=O) groups excluding carboxylic acids is 3. The van der Waals surface area contributed by atoms with E-state index in [4.69, 9.17) is 0 Å². The summed E-state index contributed by atoms with van der Waals surface area (Å²) in [5, 5.41) is 5.36. The van der Waals surface area contributed by atoms with Crippen LogP contribution in [0.1, 0.15) is 37.7 Å². The maximum Gasteiger partial charge on any atom is 0.325 e. The van der Waals surface area contributed by atoms with Gasteiger partial charge in [-0.3, -0.25) is 14.5 Å².